The Kier molecular flexibility index (Phi) is 75.0. The number of unbranched alkanes of at least 4 members (excludes halogenated alkanes) is 19. The van der Waals surface area contributed by atoms with Crippen molar-refractivity contribution in [2.45, 2.75) is 316 Å². The van der Waals surface area contributed by atoms with Gasteiger partial charge in [0.15, 0.2) is 12.2 Å². The highest BCUT2D eigenvalue weighted by atomic mass is 31.2. The van der Waals surface area contributed by atoms with Crippen LogP contribution in [0, 0.1) is 0 Å². The maximum Gasteiger partial charge on any atom is 0.472 e. The van der Waals surface area contributed by atoms with Gasteiger partial charge in [0.2, 0.25) is 0 Å². The molecule has 17 nitrogen and oxygen atoms in total. The van der Waals surface area contributed by atoms with Gasteiger partial charge in [0, 0.05) is 25.7 Å². The maximum absolute atomic E-state index is 13.1. The Morgan fingerprint density at radius 1 is 0.269 bits per heavy atom. The third-order valence-corrected chi connectivity index (χ3v) is 18.3. The standard InChI is InChI=1S/C89H144O17P2/c1-5-9-13-17-21-25-29-33-37-39-41-43-47-50-54-58-62-66-70-74-87(92)100-80-85(106-89(94)76-72-68-64-60-56-52-48-44-42-40-38-34-30-26-22-18-14-10-6-2)82-104-108(97,98)102-78-83(90)77-101-107(95,96)103-81-84(105-88(93)75-71-67-63-59-55-51-46-36-32-28-24-20-16-12-8-4)79-99-86(91)73-69-65-61-57-53-49-45-35-31-27-23-19-15-11-7-3/h9-10,13-14,21-23,25-27,33-38,41-46,50,52,54,56,62,64,66,68,83-85,90H,5-8,11-12,15-20,24,28-32,39-40,47-49,51,53,55,57-61,63,65,67,69-82H2,1-4H3,(H,95,96)(H,97,98)/b13-9-,14-10-,25-21-,26-22-,27-23-,37-33-,38-34-,43-41-,44-42-,45-35-,46-36-,54-50-,56-52-,66-62-,68-64-/t83-,84+,85+/m0/s1. The molecule has 0 spiro atoms. The minimum absolute atomic E-state index is 0.0128. The first kappa shape index (κ1) is 102. The van der Waals surface area contributed by atoms with E-state index in [2.05, 4.69) is 174 Å². The number of hydrogen-bond acceptors (Lipinski definition) is 15. The third-order valence-electron chi connectivity index (χ3n) is 16.4. The van der Waals surface area contributed by atoms with Gasteiger partial charge in [0.25, 0.3) is 0 Å². The number of allylic oxidation sites excluding steroid dienone is 30. The summed E-state index contributed by atoms with van der Waals surface area (Å²) in [4.78, 5) is 73.1. The first-order valence-electron chi connectivity index (χ1n) is 41.0. The van der Waals surface area contributed by atoms with E-state index in [-0.39, 0.29) is 25.7 Å². The zero-order valence-corrected chi connectivity index (χ0v) is 68.7. The molecule has 612 valence electrons. The lowest BCUT2D eigenvalue weighted by Gasteiger charge is -2.21. The van der Waals surface area contributed by atoms with Crippen LogP contribution in [0.3, 0.4) is 0 Å². The molecule has 0 fully saturated rings. The Morgan fingerprint density at radius 3 is 0.843 bits per heavy atom. The lowest BCUT2D eigenvalue weighted by molar-refractivity contribution is -0.161. The normalized spacial score (nSPS) is 14.8. The molecule has 19 heteroatoms. The summed E-state index contributed by atoms with van der Waals surface area (Å²) in [5, 5.41) is 10.7. The van der Waals surface area contributed by atoms with Gasteiger partial charge in [-0.05, 0) is 161 Å². The van der Waals surface area contributed by atoms with Gasteiger partial charge in [0.05, 0.1) is 26.4 Å². The van der Waals surface area contributed by atoms with E-state index >= 15 is 0 Å². The van der Waals surface area contributed by atoms with Gasteiger partial charge < -0.3 is 33.8 Å². The number of phosphoric ester groups is 2. The second kappa shape index (κ2) is 79.3. The molecule has 0 aliphatic rings. The summed E-state index contributed by atoms with van der Waals surface area (Å²) in [5.74, 6) is -2.41. The van der Waals surface area contributed by atoms with Crippen LogP contribution >= 0.6 is 15.6 Å². The molecule has 0 aliphatic carbocycles. The van der Waals surface area contributed by atoms with Crippen molar-refractivity contribution in [3.63, 3.8) is 0 Å². The quantitative estimate of drug-likeness (QED) is 0.0169. The average Bonchev–Trinajstić information content (AvgIpc) is 0.896. The van der Waals surface area contributed by atoms with Crippen molar-refractivity contribution in [3.8, 4) is 0 Å². The molecular weight excluding hydrogens is 1400 g/mol. The highest BCUT2D eigenvalue weighted by Crippen LogP contribution is 2.45. The smallest absolute Gasteiger partial charge is 0.462 e. The summed E-state index contributed by atoms with van der Waals surface area (Å²) in [6, 6.07) is 0. The van der Waals surface area contributed by atoms with Crippen LogP contribution in [0.5, 0.6) is 0 Å². The number of hydrogen-bond donors (Lipinski definition) is 3. The fourth-order valence-corrected chi connectivity index (χ4v) is 11.8. The number of esters is 4. The SMILES string of the molecule is CC/C=C\C/C=C\C/C=C\C/C=C\C/C=C\C/C=C\CCC(=O)OC[C@H](COP(=O)(O)OC[C@@H](O)COP(=O)(O)OC[C@@H](COC(=O)CCCCCCC/C=C\C/C=C\CCCCC)OC(=O)CCCCCCC/C=C\CCCCCCCC)OC(=O)CC/C=C\C/C=C\C/C=C\C/C=C\C/C=C\C/C=C\CC. The average molecular weight is 1550 g/mol. The lowest BCUT2D eigenvalue weighted by atomic mass is 10.1. The maximum atomic E-state index is 13.1. The van der Waals surface area contributed by atoms with Crippen LogP contribution in [0.2, 0.25) is 0 Å². The Labute approximate surface area is 654 Å². The zero-order valence-electron chi connectivity index (χ0n) is 66.9. The van der Waals surface area contributed by atoms with Crippen molar-refractivity contribution in [1.29, 1.82) is 0 Å². The number of rotatable bonds is 75. The van der Waals surface area contributed by atoms with Crippen LogP contribution in [-0.4, -0.2) is 96.7 Å². The summed E-state index contributed by atoms with van der Waals surface area (Å²) >= 11 is 0. The predicted octanol–water partition coefficient (Wildman–Crippen LogP) is 24.3. The molecule has 0 rings (SSSR count). The molecule has 0 aromatic heterocycles. The van der Waals surface area contributed by atoms with E-state index in [0.717, 1.165) is 148 Å². The van der Waals surface area contributed by atoms with Gasteiger partial charge in [-0.3, -0.25) is 37.3 Å². The summed E-state index contributed by atoms with van der Waals surface area (Å²) < 4.78 is 68.5. The van der Waals surface area contributed by atoms with Crippen molar-refractivity contribution in [3.05, 3.63) is 182 Å². The molecule has 0 heterocycles. The Hall–Kier alpha value is -5.84. The molecule has 0 saturated heterocycles. The van der Waals surface area contributed by atoms with E-state index in [9.17, 15) is 43.2 Å². The third kappa shape index (κ3) is 78.3. The monoisotopic (exact) mass is 1550 g/mol. The molecule has 0 radical (unpaired) electrons. The van der Waals surface area contributed by atoms with E-state index in [0.29, 0.717) is 38.5 Å². The summed E-state index contributed by atoms with van der Waals surface area (Å²) in [6.07, 6.45) is 96.1. The fraction of sp³-hybridized carbons (Fsp3) is 0.618. The number of ether oxygens (including phenoxy) is 4. The van der Waals surface area contributed by atoms with Crippen molar-refractivity contribution in [2.24, 2.45) is 0 Å². The van der Waals surface area contributed by atoms with E-state index < -0.39 is 97.5 Å². The highest BCUT2D eigenvalue weighted by molar-refractivity contribution is 7.47. The predicted molar refractivity (Wildman–Crippen MR) is 445 cm³/mol. The summed E-state index contributed by atoms with van der Waals surface area (Å²) in [7, 11) is -10.0. The first-order valence-corrected chi connectivity index (χ1v) is 44.0. The van der Waals surface area contributed by atoms with E-state index in [1.54, 1.807) is 0 Å². The van der Waals surface area contributed by atoms with E-state index in [1.807, 2.05) is 36.5 Å². The first-order chi connectivity index (χ1) is 52.7. The molecule has 0 aromatic rings. The van der Waals surface area contributed by atoms with E-state index in [4.69, 9.17) is 37.0 Å². The molecule has 3 N–H and O–H groups in total. The van der Waals surface area contributed by atoms with Gasteiger partial charge in [0.1, 0.15) is 19.3 Å². The van der Waals surface area contributed by atoms with Crippen LogP contribution in [0.4, 0.5) is 0 Å². The number of phosphoric acid groups is 2. The minimum Gasteiger partial charge on any atom is -0.462 e. The Balaban J connectivity index is 5.55. The molecule has 108 heavy (non-hydrogen) atoms. The molecule has 0 aliphatic heterocycles. The van der Waals surface area contributed by atoms with Crippen molar-refractivity contribution < 1.29 is 80.2 Å². The van der Waals surface area contributed by atoms with Crippen LogP contribution < -0.4 is 0 Å². The number of aliphatic hydroxyl groups is 1. The number of carbonyl (C=O) groups excluding carboxylic acids is 4. The van der Waals surface area contributed by atoms with Crippen LogP contribution in [-0.2, 0) is 65.4 Å². The lowest BCUT2D eigenvalue weighted by Crippen LogP contribution is -2.30. The van der Waals surface area contributed by atoms with Crippen LogP contribution in [0.1, 0.15) is 297 Å². The van der Waals surface area contributed by atoms with Crippen LogP contribution in [0.15, 0.2) is 182 Å². The van der Waals surface area contributed by atoms with Gasteiger partial charge in [-0.25, -0.2) is 9.13 Å². The molecule has 2 unspecified atom stereocenters. The van der Waals surface area contributed by atoms with Gasteiger partial charge in [-0.1, -0.05) is 293 Å². The molecule has 0 saturated carbocycles. The topological polar surface area (TPSA) is 237 Å². The largest absolute Gasteiger partial charge is 0.472 e. The van der Waals surface area contributed by atoms with Crippen LogP contribution in [0.25, 0.3) is 0 Å². The van der Waals surface area contributed by atoms with Gasteiger partial charge >= 0.3 is 39.5 Å². The zero-order chi connectivity index (χ0) is 78.9. The number of aliphatic hydroxyl groups excluding tert-OH is 1. The molecule has 5 atom stereocenters. The second-order valence-corrected chi connectivity index (χ2v) is 29.5. The number of carbonyl (C=O) groups is 4. The minimum atomic E-state index is -5.03. The van der Waals surface area contributed by atoms with Gasteiger partial charge in [-0.15, -0.1) is 0 Å². The highest BCUT2D eigenvalue weighted by Gasteiger charge is 2.30. The van der Waals surface area contributed by atoms with E-state index in [1.165, 1.54) is 57.8 Å². The Bertz CT molecular complexity index is 2760. The Morgan fingerprint density at radius 2 is 0.500 bits per heavy atom. The molecule has 0 bridgehead atoms. The second-order valence-electron chi connectivity index (χ2n) is 26.6. The molecular formula is C89H144O17P2. The van der Waals surface area contributed by atoms with Crippen molar-refractivity contribution in [1.82, 2.24) is 0 Å². The summed E-state index contributed by atoms with van der Waals surface area (Å²) in [5.41, 5.74) is 0. The van der Waals surface area contributed by atoms with Crippen molar-refractivity contribution >= 4 is 39.5 Å². The molecule has 0 amide bonds. The fourth-order valence-electron chi connectivity index (χ4n) is 10.2. The van der Waals surface area contributed by atoms with Crippen molar-refractivity contribution in [2.75, 3.05) is 39.6 Å². The van der Waals surface area contributed by atoms with Gasteiger partial charge in [-0.2, -0.15) is 0 Å². The summed E-state index contributed by atoms with van der Waals surface area (Å²) in [6.45, 7) is 4.41. The molecule has 0 aromatic carbocycles.